The number of rotatable bonds is 7. The maximum Gasteiger partial charge on any atom is 0.148 e. The van der Waals surface area contributed by atoms with Crippen molar-refractivity contribution in [3.63, 3.8) is 0 Å². The average Bonchev–Trinajstić information content (AvgIpc) is 2.24. The number of nitrogens with zero attached hydrogens (tertiary/aromatic N) is 1. The molecule has 0 saturated heterocycles. The van der Waals surface area contributed by atoms with E-state index in [0.29, 0.717) is 5.75 Å². The van der Waals surface area contributed by atoms with Crippen LogP contribution in [0.5, 0.6) is 0 Å². The van der Waals surface area contributed by atoms with Crippen molar-refractivity contribution >= 4 is 27.3 Å². The fraction of sp³-hybridized carbons (Fsp3) is 0.545. The molecule has 0 amide bonds. The molecule has 0 fully saturated rings. The number of nitrogens with one attached hydrogen (secondary N) is 1. The summed E-state index contributed by atoms with van der Waals surface area (Å²) < 4.78 is 21.9. The van der Waals surface area contributed by atoms with Gasteiger partial charge in [0.1, 0.15) is 9.84 Å². The molecule has 0 aromatic carbocycles. The lowest BCUT2D eigenvalue weighted by Gasteiger charge is -2.05. The summed E-state index contributed by atoms with van der Waals surface area (Å²) in [5.41, 5.74) is 2.03. The summed E-state index contributed by atoms with van der Waals surface area (Å²) in [5, 5.41) is 3.22. The predicted octanol–water partition coefficient (Wildman–Crippen LogP) is 1.79. The van der Waals surface area contributed by atoms with E-state index >= 15 is 0 Å². The lowest BCUT2D eigenvalue weighted by atomic mass is 10.3. The predicted molar refractivity (Wildman–Crippen MR) is 74.3 cm³/mol. The zero-order chi connectivity index (χ0) is 12.7. The van der Waals surface area contributed by atoms with Crippen molar-refractivity contribution in [3.05, 3.63) is 24.0 Å². The number of aromatic nitrogens is 1. The molecule has 0 aliphatic heterocycles. The molecule has 17 heavy (non-hydrogen) atoms. The van der Waals surface area contributed by atoms with E-state index in [1.807, 2.05) is 19.1 Å². The fourth-order valence-electron chi connectivity index (χ4n) is 1.26. The Kier molecular flexibility index (Phi) is 5.77. The van der Waals surface area contributed by atoms with E-state index in [4.69, 9.17) is 0 Å². The maximum absolute atomic E-state index is 10.9. The highest BCUT2D eigenvalue weighted by Crippen LogP contribution is 2.14. The molecule has 0 unspecified atom stereocenters. The van der Waals surface area contributed by atoms with Gasteiger partial charge in [-0.15, -0.1) is 0 Å². The minimum absolute atomic E-state index is 0.227. The molecule has 0 spiro atoms. The van der Waals surface area contributed by atoms with Crippen LogP contribution in [0.2, 0.25) is 0 Å². The lowest BCUT2D eigenvalue weighted by Crippen LogP contribution is -2.05. The van der Waals surface area contributed by atoms with Gasteiger partial charge in [0.2, 0.25) is 0 Å². The van der Waals surface area contributed by atoms with Crippen LogP contribution in [0.25, 0.3) is 0 Å². The van der Waals surface area contributed by atoms with Crippen molar-refractivity contribution in [2.75, 3.05) is 29.6 Å². The Morgan fingerprint density at radius 3 is 2.88 bits per heavy atom. The molecule has 0 radical (unpaired) electrons. The molecule has 1 N–H and O–H groups in total. The van der Waals surface area contributed by atoms with Gasteiger partial charge in [-0.05, 0) is 19.1 Å². The van der Waals surface area contributed by atoms with Gasteiger partial charge in [0.15, 0.2) is 0 Å². The monoisotopic (exact) mass is 274 g/mol. The number of pyridine rings is 1. The molecular weight excluding hydrogens is 256 g/mol. The van der Waals surface area contributed by atoms with Crippen LogP contribution in [-0.4, -0.2) is 37.7 Å². The molecule has 1 heterocycles. The second kappa shape index (κ2) is 6.86. The van der Waals surface area contributed by atoms with Crippen molar-refractivity contribution in [2.45, 2.75) is 12.7 Å². The number of hydrogen-bond donors (Lipinski definition) is 1. The first-order valence-corrected chi connectivity index (χ1v) is 8.67. The first-order chi connectivity index (χ1) is 8.01. The molecule has 1 aromatic rings. The highest BCUT2D eigenvalue weighted by molar-refractivity contribution is 7.99. The standard InChI is InChI=1S/C11H18N2O2S2/c1-3-12-10-4-5-13-11(8-10)9-16-6-7-17(2,14)15/h4-5,8H,3,6-7,9H2,1-2H3,(H,12,13). The van der Waals surface area contributed by atoms with Gasteiger partial charge in [-0.3, -0.25) is 4.98 Å². The van der Waals surface area contributed by atoms with E-state index in [-0.39, 0.29) is 5.75 Å². The van der Waals surface area contributed by atoms with Crippen LogP contribution >= 0.6 is 11.8 Å². The SMILES string of the molecule is CCNc1ccnc(CSCCS(C)(=O)=O)c1. The van der Waals surface area contributed by atoms with Crippen molar-refractivity contribution < 1.29 is 8.42 Å². The van der Waals surface area contributed by atoms with Crippen LogP contribution in [0.3, 0.4) is 0 Å². The summed E-state index contributed by atoms with van der Waals surface area (Å²) in [5.74, 6) is 1.59. The van der Waals surface area contributed by atoms with E-state index in [1.54, 1.807) is 18.0 Å². The van der Waals surface area contributed by atoms with Crippen molar-refractivity contribution in [1.82, 2.24) is 4.98 Å². The Morgan fingerprint density at radius 2 is 2.24 bits per heavy atom. The molecule has 1 rings (SSSR count). The first-order valence-electron chi connectivity index (χ1n) is 5.45. The second-order valence-electron chi connectivity index (χ2n) is 3.75. The third kappa shape index (κ3) is 6.53. The molecule has 6 heteroatoms. The van der Waals surface area contributed by atoms with Crippen LogP contribution in [0.4, 0.5) is 5.69 Å². The second-order valence-corrected chi connectivity index (χ2v) is 7.11. The lowest BCUT2D eigenvalue weighted by molar-refractivity contribution is 0.603. The third-order valence-electron chi connectivity index (χ3n) is 2.05. The summed E-state index contributed by atoms with van der Waals surface area (Å²) in [6.45, 7) is 2.92. The third-order valence-corrected chi connectivity index (χ3v) is 4.24. The van der Waals surface area contributed by atoms with E-state index < -0.39 is 9.84 Å². The van der Waals surface area contributed by atoms with Gasteiger partial charge in [-0.2, -0.15) is 11.8 Å². The molecule has 0 atom stereocenters. The first kappa shape index (κ1) is 14.3. The molecule has 4 nitrogen and oxygen atoms in total. The Labute approximate surface area is 107 Å². The molecule has 0 aliphatic rings. The summed E-state index contributed by atoms with van der Waals surface area (Å²) >= 11 is 1.59. The average molecular weight is 274 g/mol. The zero-order valence-electron chi connectivity index (χ0n) is 10.1. The van der Waals surface area contributed by atoms with E-state index in [1.165, 1.54) is 6.26 Å². The molecule has 1 aromatic heterocycles. The number of sulfone groups is 1. The quantitative estimate of drug-likeness (QED) is 0.768. The van der Waals surface area contributed by atoms with Crippen LogP contribution in [-0.2, 0) is 15.6 Å². The van der Waals surface area contributed by atoms with Gasteiger partial charge in [0, 0.05) is 36.2 Å². The van der Waals surface area contributed by atoms with Crippen LogP contribution < -0.4 is 5.32 Å². The van der Waals surface area contributed by atoms with Gasteiger partial charge >= 0.3 is 0 Å². The van der Waals surface area contributed by atoms with Crippen molar-refractivity contribution in [1.29, 1.82) is 0 Å². The Balaban J connectivity index is 2.38. The summed E-state index contributed by atoms with van der Waals surface area (Å²) in [6, 6.07) is 3.92. The van der Waals surface area contributed by atoms with Crippen molar-refractivity contribution in [2.24, 2.45) is 0 Å². The molecule has 96 valence electrons. The van der Waals surface area contributed by atoms with Gasteiger partial charge in [0.05, 0.1) is 11.4 Å². The Bertz CT molecular complexity index is 447. The smallest absolute Gasteiger partial charge is 0.148 e. The minimum atomic E-state index is -2.85. The van der Waals surface area contributed by atoms with E-state index in [9.17, 15) is 8.42 Å². The summed E-state index contributed by atoms with van der Waals surface area (Å²) in [6.07, 6.45) is 3.03. The Morgan fingerprint density at radius 1 is 1.47 bits per heavy atom. The van der Waals surface area contributed by atoms with Crippen LogP contribution in [0.1, 0.15) is 12.6 Å². The van der Waals surface area contributed by atoms with Gasteiger partial charge in [-0.1, -0.05) is 0 Å². The highest BCUT2D eigenvalue weighted by Gasteiger charge is 2.02. The van der Waals surface area contributed by atoms with Crippen LogP contribution in [0.15, 0.2) is 18.3 Å². The zero-order valence-corrected chi connectivity index (χ0v) is 11.8. The highest BCUT2D eigenvalue weighted by atomic mass is 32.2. The Hall–Kier alpha value is -0.750. The number of thioether (sulfide) groups is 1. The molecular formula is C11H18N2O2S2. The van der Waals surface area contributed by atoms with E-state index in [2.05, 4.69) is 10.3 Å². The molecule has 0 aliphatic carbocycles. The summed E-state index contributed by atoms with van der Waals surface area (Å²) in [4.78, 5) is 4.25. The number of hydrogen-bond acceptors (Lipinski definition) is 5. The largest absolute Gasteiger partial charge is 0.385 e. The van der Waals surface area contributed by atoms with Gasteiger partial charge < -0.3 is 5.32 Å². The van der Waals surface area contributed by atoms with Crippen molar-refractivity contribution in [3.8, 4) is 0 Å². The fourth-order valence-corrected chi connectivity index (χ4v) is 3.45. The van der Waals surface area contributed by atoms with Gasteiger partial charge in [0.25, 0.3) is 0 Å². The molecule has 0 saturated carbocycles. The topological polar surface area (TPSA) is 59.1 Å². The summed E-state index contributed by atoms with van der Waals surface area (Å²) in [7, 11) is -2.85. The van der Waals surface area contributed by atoms with Crippen LogP contribution in [0, 0.1) is 0 Å². The van der Waals surface area contributed by atoms with E-state index in [0.717, 1.165) is 23.7 Å². The van der Waals surface area contributed by atoms with Gasteiger partial charge in [-0.25, -0.2) is 8.42 Å². The maximum atomic E-state index is 10.9. The number of anilines is 1. The normalized spacial score (nSPS) is 11.4. The molecule has 0 bridgehead atoms. The minimum Gasteiger partial charge on any atom is -0.385 e.